The molecule has 0 aliphatic rings. The number of benzene rings is 1. The van der Waals surface area contributed by atoms with Crippen molar-refractivity contribution in [3.05, 3.63) is 21.8 Å². The first-order valence-electron chi connectivity index (χ1n) is 6.06. The fraction of sp³-hybridized carbons (Fsp3) is 0.538. The van der Waals surface area contributed by atoms with Crippen LogP contribution in [-0.4, -0.2) is 24.3 Å². The Bertz CT molecular complexity index is 353. The molecule has 0 aliphatic carbocycles. The van der Waals surface area contributed by atoms with Gasteiger partial charge in [0.05, 0.1) is 18.0 Å². The molecule has 17 heavy (non-hydrogen) atoms. The van der Waals surface area contributed by atoms with E-state index in [-0.39, 0.29) is 6.61 Å². The molecule has 1 aromatic carbocycles. The molecule has 1 rings (SSSR count). The molecule has 0 spiro atoms. The highest BCUT2D eigenvalue weighted by Crippen LogP contribution is 2.28. The predicted octanol–water partition coefficient (Wildman–Crippen LogP) is 2.86. The zero-order valence-corrected chi connectivity index (χ0v) is 12.6. The molecule has 0 bridgehead atoms. The van der Waals surface area contributed by atoms with E-state index >= 15 is 0 Å². The number of nitrogen functional groups attached to an aromatic ring is 1. The lowest BCUT2D eigenvalue weighted by atomic mass is 10.1. The third kappa shape index (κ3) is 3.74. The molecule has 3 N–H and O–H groups in total. The first kappa shape index (κ1) is 14.6. The van der Waals surface area contributed by atoms with Crippen molar-refractivity contribution in [3.63, 3.8) is 0 Å². The van der Waals surface area contributed by atoms with Gasteiger partial charge in [-0.3, -0.25) is 0 Å². The molecule has 0 amide bonds. The minimum absolute atomic E-state index is 0.155. The summed E-state index contributed by atoms with van der Waals surface area (Å²) in [7, 11) is 0. The largest absolute Gasteiger partial charge is 0.397 e. The molecule has 0 heterocycles. The quantitative estimate of drug-likeness (QED) is 0.614. The lowest BCUT2D eigenvalue weighted by Gasteiger charge is -2.33. The van der Waals surface area contributed by atoms with Gasteiger partial charge in [-0.05, 0) is 53.6 Å². The molecule has 0 atom stereocenters. The van der Waals surface area contributed by atoms with E-state index < -0.39 is 0 Å². The van der Waals surface area contributed by atoms with Crippen LogP contribution in [-0.2, 0) is 0 Å². The predicted molar refractivity (Wildman–Crippen MR) is 82.4 cm³/mol. The van der Waals surface area contributed by atoms with E-state index in [0.717, 1.165) is 27.8 Å². The SMILES string of the molecule is CCC(CC)N(CCO)c1ccc(I)cc1N. The summed E-state index contributed by atoms with van der Waals surface area (Å²) in [4.78, 5) is 2.21. The second-order valence-electron chi connectivity index (χ2n) is 4.09. The van der Waals surface area contributed by atoms with Crippen molar-refractivity contribution in [1.82, 2.24) is 0 Å². The average molecular weight is 348 g/mol. The molecule has 0 saturated carbocycles. The maximum atomic E-state index is 9.20. The molecule has 0 unspecified atom stereocenters. The second-order valence-corrected chi connectivity index (χ2v) is 5.34. The van der Waals surface area contributed by atoms with Crippen LogP contribution in [0, 0.1) is 3.57 Å². The molecule has 0 aliphatic heterocycles. The monoisotopic (exact) mass is 348 g/mol. The zero-order valence-electron chi connectivity index (χ0n) is 10.5. The number of rotatable bonds is 6. The van der Waals surface area contributed by atoms with Crippen LogP contribution in [0.25, 0.3) is 0 Å². The van der Waals surface area contributed by atoms with Gasteiger partial charge >= 0.3 is 0 Å². The maximum Gasteiger partial charge on any atom is 0.0606 e. The van der Waals surface area contributed by atoms with Crippen molar-refractivity contribution in [2.45, 2.75) is 32.7 Å². The van der Waals surface area contributed by atoms with Crippen molar-refractivity contribution in [1.29, 1.82) is 0 Å². The molecular formula is C13H21IN2O. The van der Waals surface area contributed by atoms with Crippen LogP contribution in [0.3, 0.4) is 0 Å². The van der Waals surface area contributed by atoms with Gasteiger partial charge in [-0.1, -0.05) is 13.8 Å². The molecule has 96 valence electrons. The van der Waals surface area contributed by atoms with Gasteiger partial charge in [0.15, 0.2) is 0 Å². The molecule has 1 aromatic rings. The summed E-state index contributed by atoms with van der Waals surface area (Å²) in [5.74, 6) is 0. The van der Waals surface area contributed by atoms with Crippen LogP contribution in [0.1, 0.15) is 26.7 Å². The lowest BCUT2D eigenvalue weighted by Crippen LogP contribution is -2.37. The summed E-state index contributed by atoms with van der Waals surface area (Å²) in [5, 5.41) is 9.20. The van der Waals surface area contributed by atoms with Gasteiger partial charge in [0.2, 0.25) is 0 Å². The second kappa shape index (κ2) is 7.06. The third-order valence-corrected chi connectivity index (χ3v) is 3.69. The molecule has 0 aromatic heterocycles. The molecule has 0 radical (unpaired) electrons. The van der Waals surface area contributed by atoms with Crippen molar-refractivity contribution in [2.24, 2.45) is 0 Å². The van der Waals surface area contributed by atoms with Crippen LogP contribution in [0.4, 0.5) is 11.4 Å². The Morgan fingerprint density at radius 3 is 2.47 bits per heavy atom. The molecule has 4 heteroatoms. The Kier molecular flexibility index (Phi) is 6.05. The van der Waals surface area contributed by atoms with Crippen molar-refractivity contribution < 1.29 is 5.11 Å². The minimum Gasteiger partial charge on any atom is -0.397 e. The van der Waals surface area contributed by atoms with Gasteiger partial charge in [0.25, 0.3) is 0 Å². The summed E-state index contributed by atoms with van der Waals surface area (Å²) in [6.07, 6.45) is 2.11. The van der Waals surface area contributed by atoms with Gasteiger partial charge in [0, 0.05) is 16.2 Å². The number of aliphatic hydroxyl groups excluding tert-OH is 1. The molecule has 3 nitrogen and oxygen atoms in total. The first-order valence-corrected chi connectivity index (χ1v) is 7.14. The van der Waals surface area contributed by atoms with Crippen LogP contribution in [0.2, 0.25) is 0 Å². The summed E-state index contributed by atoms with van der Waals surface area (Å²) < 4.78 is 1.14. The number of hydrogen-bond donors (Lipinski definition) is 2. The Morgan fingerprint density at radius 2 is 2.00 bits per heavy atom. The van der Waals surface area contributed by atoms with Crippen LogP contribution in [0.5, 0.6) is 0 Å². The number of nitrogens with zero attached hydrogens (tertiary/aromatic N) is 1. The van der Waals surface area contributed by atoms with Gasteiger partial charge < -0.3 is 15.7 Å². The van der Waals surface area contributed by atoms with Gasteiger partial charge in [-0.2, -0.15) is 0 Å². The van der Waals surface area contributed by atoms with Gasteiger partial charge in [-0.15, -0.1) is 0 Å². The standard InChI is InChI=1S/C13H21IN2O/c1-3-11(4-2)16(7-8-17)13-6-5-10(14)9-12(13)15/h5-6,9,11,17H,3-4,7-8,15H2,1-2H3. The Morgan fingerprint density at radius 1 is 1.35 bits per heavy atom. The van der Waals surface area contributed by atoms with Gasteiger partial charge in [0.1, 0.15) is 0 Å². The highest BCUT2D eigenvalue weighted by Gasteiger charge is 2.17. The van der Waals surface area contributed by atoms with E-state index in [9.17, 15) is 5.11 Å². The summed E-state index contributed by atoms with van der Waals surface area (Å²) >= 11 is 2.25. The van der Waals surface area contributed by atoms with Gasteiger partial charge in [-0.25, -0.2) is 0 Å². The number of halogens is 1. The Labute approximate surface area is 117 Å². The first-order chi connectivity index (χ1) is 8.13. The number of anilines is 2. The van der Waals surface area contributed by atoms with E-state index in [1.54, 1.807) is 0 Å². The summed E-state index contributed by atoms with van der Waals surface area (Å²) in [6.45, 7) is 5.13. The Hall–Kier alpha value is -0.490. The lowest BCUT2D eigenvalue weighted by molar-refractivity contribution is 0.296. The number of aliphatic hydroxyl groups is 1. The van der Waals surface area contributed by atoms with Crippen molar-refractivity contribution in [3.8, 4) is 0 Å². The topological polar surface area (TPSA) is 49.5 Å². The fourth-order valence-electron chi connectivity index (χ4n) is 2.12. The average Bonchev–Trinajstić information content (AvgIpc) is 2.30. The van der Waals surface area contributed by atoms with Crippen molar-refractivity contribution >= 4 is 34.0 Å². The summed E-state index contributed by atoms with van der Waals surface area (Å²) in [6, 6.07) is 6.51. The van der Waals surface area contributed by atoms with Crippen LogP contribution < -0.4 is 10.6 Å². The highest BCUT2D eigenvalue weighted by molar-refractivity contribution is 14.1. The smallest absolute Gasteiger partial charge is 0.0606 e. The fourth-order valence-corrected chi connectivity index (χ4v) is 2.64. The zero-order chi connectivity index (χ0) is 12.8. The Balaban J connectivity index is 3.03. The summed E-state index contributed by atoms with van der Waals surface area (Å²) in [5.41, 5.74) is 7.90. The van der Waals surface area contributed by atoms with E-state index in [1.807, 2.05) is 12.1 Å². The number of nitrogens with two attached hydrogens (primary N) is 1. The van der Waals surface area contributed by atoms with E-state index in [1.165, 1.54) is 0 Å². The third-order valence-electron chi connectivity index (χ3n) is 3.02. The molecule has 0 saturated heterocycles. The van der Waals surface area contributed by atoms with Crippen molar-refractivity contribution in [2.75, 3.05) is 23.8 Å². The van der Waals surface area contributed by atoms with E-state index in [4.69, 9.17) is 5.73 Å². The van der Waals surface area contributed by atoms with Crippen LogP contribution >= 0.6 is 22.6 Å². The molecular weight excluding hydrogens is 327 g/mol. The van der Waals surface area contributed by atoms with E-state index in [0.29, 0.717) is 12.6 Å². The normalized spacial score (nSPS) is 10.9. The highest BCUT2D eigenvalue weighted by atomic mass is 127. The van der Waals surface area contributed by atoms with Crippen LogP contribution in [0.15, 0.2) is 18.2 Å². The maximum absolute atomic E-state index is 9.20. The molecule has 0 fully saturated rings. The van der Waals surface area contributed by atoms with E-state index in [2.05, 4.69) is 47.4 Å². The minimum atomic E-state index is 0.155. The number of hydrogen-bond acceptors (Lipinski definition) is 3.